The lowest BCUT2D eigenvalue weighted by Crippen LogP contribution is -2.63. The number of likely N-dealkylation sites (tertiary alicyclic amines) is 1. The average molecular weight is 586 g/mol. The van der Waals surface area contributed by atoms with Gasteiger partial charge in [-0.05, 0) is 44.1 Å². The number of carbonyl (C=O) groups is 2. The van der Waals surface area contributed by atoms with Crippen LogP contribution in [0.25, 0.3) is 11.0 Å². The summed E-state index contributed by atoms with van der Waals surface area (Å²) in [5.41, 5.74) is 1.33. The maximum Gasteiger partial charge on any atom is 0.490 e. The van der Waals surface area contributed by atoms with Crippen LogP contribution in [0.3, 0.4) is 0 Å². The predicted octanol–water partition coefficient (Wildman–Crippen LogP) is 1.78. The van der Waals surface area contributed by atoms with Gasteiger partial charge in [-0.25, -0.2) is 9.78 Å². The van der Waals surface area contributed by atoms with Crippen molar-refractivity contribution in [2.45, 2.75) is 57.5 Å². The molecule has 41 heavy (non-hydrogen) atoms. The predicted molar refractivity (Wildman–Crippen MR) is 140 cm³/mol. The summed E-state index contributed by atoms with van der Waals surface area (Å²) in [6.45, 7) is 7.70. The van der Waals surface area contributed by atoms with E-state index in [9.17, 15) is 27.9 Å². The minimum atomic E-state index is -5.08. The molecule has 2 atom stereocenters. The number of aliphatic hydroxyl groups excluding tert-OH is 1. The molecule has 0 amide bonds. The molecule has 2 saturated heterocycles. The van der Waals surface area contributed by atoms with Crippen molar-refractivity contribution in [2.75, 3.05) is 51.9 Å². The topological polar surface area (TPSA) is 156 Å². The molecule has 0 radical (unpaired) electrons. The lowest BCUT2D eigenvalue weighted by atomic mass is 9.60. The number of alkyl halides is 3. The number of carboxylic acids is 1. The number of halogens is 3. The molecule has 0 unspecified atom stereocenters. The molecule has 0 aromatic carbocycles. The van der Waals surface area contributed by atoms with E-state index >= 15 is 0 Å². The molecule has 15 heteroatoms. The Morgan fingerprint density at radius 3 is 2.51 bits per heavy atom. The molecule has 5 rings (SSSR count). The monoisotopic (exact) mass is 585 g/mol. The largest absolute Gasteiger partial charge is 0.490 e. The van der Waals surface area contributed by atoms with Crippen molar-refractivity contribution in [1.82, 2.24) is 19.4 Å². The van der Waals surface area contributed by atoms with Gasteiger partial charge in [-0.3, -0.25) is 19.1 Å². The molecule has 3 fully saturated rings. The Morgan fingerprint density at radius 2 is 1.95 bits per heavy atom. The number of nitrogens with one attached hydrogen (secondary N) is 1. The van der Waals surface area contributed by atoms with Crippen LogP contribution in [0.4, 0.5) is 19.1 Å². The number of aliphatic hydroxyl groups is 1. The van der Waals surface area contributed by atoms with Gasteiger partial charge in [0.1, 0.15) is 5.65 Å². The zero-order valence-corrected chi connectivity index (χ0v) is 23.0. The molecule has 3 N–H and O–H groups in total. The Kier molecular flexibility index (Phi) is 9.01. The van der Waals surface area contributed by atoms with E-state index in [4.69, 9.17) is 24.4 Å². The molecule has 1 aliphatic carbocycles. The number of Topliss-reactive ketones (excluding diaryl/α,β-unsaturated/α-hetero) is 1. The van der Waals surface area contributed by atoms with Gasteiger partial charge < -0.3 is 25.0 Å². The third kappa shape index (κ3) is 6.52. The first-order valence-electron chi connectivity index (χ1n) is 13.2. The zero-order valence-electron chi connectivity index (χ0n) is 23.0. The number of fused-ring (bicyclic) bond motifs is 1. The number of carbonyl (C=O) groups excluding carboxylic acids is 1. The van der Waals surface area contributed by atoms with Crippen LogP contribution in [0.15, 0.2) is 11.0 Å². The molecule has 226 valence electrons. The van der Waals surface area contributed by atoms with Crippen LogP contribution in [0.5, 0.6) is 0 Å². The molecular weight excluding hydrogens is 551 g/mol. The Labute approximate surface area is 233 Å². The van der Waals surface area contributed by atoms with Gasteiger partial charge >= 0.3 is 12.1 Å². The number of anilines is 1. The van der Waals surface area contributed by atoms with Gasteiger partial charge in [0, 0.05) is 51.0 Å². The summed E-state index contributed by atoms with van der Waals surface area (Å²) in [4.78, 5) is 46.4. The van der Waals surface area contributed by atoms with E-state index in [-0.39, 0.29) is 41.0 Å². The van der Waals surface area contributed by atoms with Crippen LogP contribution < -0.4 is 10.9 Å². The van der Waals surface area contributed by atoms with Gasteiger partial charge in [0.25, 0.3) is 5.56 Å². The number of carboxylic acid groups (broad SMARTS) is 1. The fraction of sp³-hybridized carbons (Fsp3) is 0.654. The Morgan fingerprint density at radius 1 is 1.29 bits per heavy atom. The molecule has 1 saturated carbocycles. The highest BCUT2D eigenvalue weighted by molar-refractivity contribution is 5.99. The second-order valence-corrected chi connectivity index (χ2v) is 10.9. The second kappa shape index (κ2) is 12.0. The first-order valence-corrected chi connectivity index (χ1v) is 13.2. The van der Waals surface area contributed by atoms with E-state index in [2.05, 4.69) is 15.2 Å². The number of nitrogens with zero attached hydrogens (tertiary/aromatic N) is 4. The van der Waals surface area contributed by atoms with Crippen molar-refractivity contribution in [3.8, 4) is 0 Å². The quantitative estimate of drug-likeness (QED) is 0.407. The smallest absolute Gasteiger partial charge is 0.475 e. The number of aryl methyl sites for hydroxylation is 1. The van der Waals surface area contributed by atoms with Gasteiger partial charge in [-0.1, -0.05) is 0 Å². The third-order valence-corrected chi connectivity index (χ3v) is 7.88. The Hall–Kier alpha value is -3.14. The summed E-state index contributed by atoms with van der Waals surface area (Å²) in [5, 5.41) is 21.3. The number of rotatable bonds is 7. The van der Waals surface area contributed by atoms with E-state index < -0.39 is 18.2 Å². The summed E-state index contributed by atoms with van der Waals surface area (Å²) in [5.74, 6) is -2.63. The first kappa shape index (κ1) is 30.8. The third-order valence-electron chi connectivity index (χ3n) is 7.88. The van der Waals surface area contributed by atoms with Crippen molar-refractivity contribution < 1.29 is 42.4 Å². The van der Waals surface area contributed by atoms with Crippen molar-refractivity contribution >= 4 is 28.7 Å². The number of ketones is 1. The standard InChI is InChI=1S/C24H33N5O5.C2HF3O2/c1-14-17-10-25-23(26-18-4-6-34-11-19(18)31)27-21(17)29(22(32)20(14)15(2)30)16-8-24(9-16)12-28(13-24)5-7-33-3;3-2(4,5)1(6)7/h10,16,18-19,31H,4-9,11-13H2,1-3H3,(H,25,26,27);(H,6,7)/t18-,19-;/m1./s1. The summed E-state index contributed by atoms with van der Waals surface area (Å²) < 4.78 is 43.9. The van der Waals surface area contributed by atoms with Crippen molar-refractivity contribution in [3.05, 3.63) is 27.7 Å². The molecule has 12 nitrogen and oxygen atoms in total. The lowest BCUT2D eigenvalue weighted by Gasteiger charge is -2.59. The number of ether oxygens (including phenoxy) is 2. The van der Waals surface area contributed by atoms with Gasteiger partial charge in [0.15, 0.2) is 5.78 Å². The van der Waals surface area contributed by atoms with E-state index in [0.717, 1.165) is 39.1 Å². The molecule has 2 aliphatic heterocycles. The number of aliphatic carboxylic acids is 1. The molecule has 1 spiro atoms. The average Bonchev–Trinajstić information content (AvgIpc) is 2.84. The van der Waals surface area contributed by atoms with Gasteiger partial charge in [-0.2, -0.15) is 18.2 Å². The molecular formula is C26H34F3N5O7. The second-order valence-electron chi connectivity index (χ2n) is 10.9. The number of aromatic nitrogens is 3. The van der Waals surface area contributed by atoms with Crippen LogP contribution in [0.1, 0.15) is 48.1 Å². The van der Waals surface area contributed by atoms with Gasteiger partial charge in [0.05, 0.1) is 30.9 Å². The fourth-order valence-electron chi connectivity index (χ4n) is 5.87. The SMILES string of the molecule is COCCN1CC2(CC(n3c(=O)c(C(C)=O)c(C)c4cnc(N[C@@H]5CCOC[C@H]5O)nc43)C2)C1.O=C(O)C(F)(F)F. The minimum Gasteiger partial charge on any atom is -0.475 e. The van der Waals surface area contributed by atoms with Crippen molar-refractivity contribution in [2.24, 2.45) is 5.41 Å². The normalized spacial score (nSPS) is 22.4. The highest BCUT2D eigenvalue weighted by Gasteiger charge is 2.53. The van der Waals surface area contributed by atoms with Crippen LogP contribution in [-0.2, 0) is 14.3 Å². The van der Waals surface area contributed by atoms with Crippen LogP contribution in [0, 0.1) is 12.3 Å². The van der Waals surface area contributed by atoms with Gasteiger partial charge in [0.2, 0.25) is 5.95 Å². The number of hydrogen-bond acceptors (Lipinski definition) is 10. The highest BCUT2D eigenvalue weighted by Crippen LogP contribution is 2.54. The molecule has 3 aliphatic rings. The van der Waals surface area contributed by atoms with Crippen LogP contribution >= 0.6 is 0 Å². The molecule has 4 heterocycles. The molecule has 2 aromatic rings. The highest BCUT2D eigenvalue weighted by atomic mass is 19.4. The molecule has 2 aromatic heterocycles. The summed E-state index contributed by atoms with van der Waals surface area (Å²) in [6, 6.07) is -0.223. The van der Waals surface area contributed by atoms with E-state index in [1.807, 2.05) is 0 Å². The maximum atomic E-state index is 13.5. The zero-order chi connectivity index (χ0) is 30.1. The van der Waals surface area contributed by atoms with Crippen molar-refractivity contribution in [1.29, 1.82) is 0 Å². The summed E-state index contributed by atoms with van der Waals surface area (Å²) in [7, 11) is 1.71. The molecule has 0 bridgehead atoms. The fourth-order valence-corrected chi connectivity index (χ4v) is 5.87. The summed E-state index contributed by atoms with van der Waals surface area (Å²) >= 11 is 0. The Balaban J connectivity index is 0.000000493. The van der Waals surface area contributed by atoms with E-state index in [1.165, 1.54) is 6.92 Å². The number of hydrogen-bond donors (Lipinski definition) is 3. The first-order chi connectivity index (χ1) is 19.3. The maximum absolute atomic E-state index is 13.5. The minimum absolute atomic E-state index is 0.00491. The van der Waals surface area contributed by atoms with Crippen LogP contribution in [0.2, 0.25) is 0 Å². The van der Waals surface area contributed by atoms with Crippen molar-refractivity contribution in [3.63, 3.8) is 0 Å². The lowest BCUT2D eigenvalue weighted by molar-refractivity contribution is -0.192. The number of methoxy groups -OCH3 is 1. The van der Waals surface area contributed by atoms with E-state index in [1.54, 1.807) is 24.8 Å². The summed E-state index contributed by atoms with van der Waals surface area (Å²) in [6.07, 6.45) is -1.64. The van der Waals surface area contributed by atoms with E-state index in [0.29, 0.717) is 35.6 Å². The Bertz CT molecular complexity index is 1350. The number of pyridine rings is 1. The van der Waals surface area contributed by atoms with Gasteiger partial charge in [-0.15, -0.1) is 0 Å². The van der Waals surface area contributed by atoms with Crippen LogP contribution in [-0.4, -0.2) is 106 Å².